The standard InChI is InChI=1S/C18H34O2/c1-4-5-6-7-8-9-10-11-12-13-14-15-18(19)20-16-17(2)3/h13-14,17H,4-12,15-16H2,1-3H3/b14-13+. The monoisotopic (exact) mass is 282 g/mol. The van der Waals surface area contributed by atoms with E-state index in [-0.39, 0.29) is 5.97 Å². The summed E-state index contributed by atoms with van der Waals surface area (Å²) in [5, 5.41) is 0. The number of esters is 1. The molecule has 0 saturated carbocycles. The highest BCUT2D eigenvalue weighted by atomic mass is 16.5. The largest absolute Gasteiger partial charge is 0.465 e. The lowest BCUT2D eigenvalue weighted by Gasteiger charge is -2.05. The van der Waals surface area contributed by atoms with Crippen LogP contribution in [0.5, 0.6) is 0 Å². The minimum absolute atomic E-state index is 0.106. The van der Waals surface area contributed by atoms with Gasteiger partial charge in [-0.2, -0.15) is 0 Å². The second-order valence-corrected chi connectivity index (χ2v) is 6.02. The fourth-order valence-electron chi connectivity index (χ4n) is 2.01. The van der Waals surface area contributed by atoms with Gasteiger partial charge < -0.3 is 4.74 Å². The Labute approximate surface area is 126 Å². The van der Waals surface area contributed by atoms with E-state index in [1.165, 1.54) is 51.4 Å². The van der Waals surface area contributed by atoms with Crippen LogP contribution in [0.15, 0.2) is 12.2 Å². The van der Waals surface area contributed by atoms with Crippen molar-refractivity contribution in [3.05, 3.63) is 12.2 Å². The van der Waals surface area contributed by atoms with E-state index >= 15 is 0 Å². The Bertz CT molecular complexity index is 244. The van der Waals surface area contributed by atoms with Crippen molar-refractivity contribution in [1.82, 2.24) is 0 Å². The van der Waals surface area contributed by atoms with Crippen molar-refractivity contribution in [1.29, 1.82) is 0 Å². The molecular formula is C18H34O2. The van der Waals surface area contributed by atoms with E-state index in [0.717, 1.165) is 6.42 Å². The van der Waals surface area contributed by atoms with Crippen molar-refractivity contribution in [2.24, 2.45) is 5.92 Å². The number of ether oxygens (including phenoxy) is 1. The molecule has 0 spiro atoms. The van der Waals surface area contributed by atoms with Crippen LogP contribution in [0.25, 0.3) is 0 Å². The van der Waals surface area contributed by atoms with Crippen molar-refractivity contribution in [3.8, 4) is 0 Å². The SMILES string of the molecule is CCCCCCCCCC/C=C/CC(=O)OCC(C)C. The van der Waals surface area contributed by atoms with Gasteiger partial charge in [0, 0.05) is 0 Å². The number of unbranched alkanes of at least 4 members (excludes halogenated alkanes) is 8. The van der Waals surface area contributed by atoms with E-state index in [9.17, 15) is 4.79 Å². The summed E-state index contributed by atoms with van der Waals surface area (Å²) in [7, 11) is 0. The van der Waals surface area contributed by atoms with Gasteiger partial charge in [0.05, 0.1) is 13.0 Å². The van der Waals surface area contributed by atoms with Crippen LogP contribution in [0.1, 0.15) is 85.0 Å². The predicted molar refractivity (Wildman–Crippen MR) is 86.8 cm³/mol. The van der Waals surface area contributed by atoms with Gasteiger partial charge in [0.2, 0.25) is 0 Å². The molecule has 2 nitrogen and oxygen atoms in total. The van der Waals surface area contributed by atoms with Crippen LogP contribution in [-0.4, -0.2) is 12.6 Å². The maximum absolute atomic E-state index is 11.3. The fourth-order valence-corrected chi connectivity index (χ4v) is 2.01. The molecule has 0 rings (SSSR count). The van der Waals surface area contributed by atoms with E-state index in [1.807, 2.05) is 19.9 Å². The quantitative estimate of drug-likeness (QED) is 0.247. The molecule has 0 aromatic rings. The molecule has 0 aliphatic rings. The molecule has 0 unspecified atom stereocenters. The average Bonchev–Trinajstić information content (AvgIpc) is 2.42. The van der Waals surface area contributed by atoms with Crippen LogP contribution in [-0.2, 0) is 9.53 Å². The molecule has 0 aromatic heterocycles. The first-order valence-corrected chi connectivity index (χ1v) is 8.47. The van der Waals surface area contributed by atoms with Crippen molar-refractivity contribution in [3.63, 3.8) is 0 Å². The van der Waals surface area contributed by atoms with Crippen molar-refractivity contribution >= 4 is 5.97 Å². The van der Waals surface area contributed by atoms with Gasteiger partial charge in [-0.1, -0.05) is 77.9 Å². The normalized spacial score (nSPS) is 11.4. The van der Waals surface area contributed by atoms with Gasteiger partial charge in [-0.05, 0) is 18.8 Å². The number of allylic oxidation sites excluding steroid dienone is 1. The Morgan fingerprint density at radius 1 is 0.950 bits per heavy atom. The van der Waals surface area contributed by atoms with Crippen molar-refractivity contribution < 1.29 is 9.53 Å². The Kier molecular flexibility index (Phi) is 14.0. The smallest absolute Gasteiger partial charge is 0.309 e. The lowest BCUT2D eigenvalue weighted by atomic mass is 10.1. The zero-order valence-electron chi connectivity index (χ0n) is 13.8. The third-order valence-corrected chi connectivity index (χ3v) is 3.25. The number of hydrogen-bond donors (Lipinski definition) is 0. The maximum atomic E-state index is 11.3. The molecule has 0 atom stereocenters. The third kappa shape index (κ3) is 15.3. The summed E-state index contributed by atoms with van der Waals surface area (Å²) in [6.07, 6.45) is 16.4. The van der Waals surface area contributed by atoms with Gasteiger partial charge in [0.25, 0.3) is 0 Å². The molecule has 0 saturated heterocycles. The number of rotatable bonds is 13. The first-order chi connectivity index (χ1) is 9.66. The van der Waals surface area contributed by atoms with E-state index in [1.54, 1.807) is 0 Å². The Morgan fingerprint density at radius 2 is 1.55 bits per heavy atom. The van der Waals surface area contributed by atoms with E-state index in [4.69, 9.17) is 4.74 Å². The molecule has 0 radical (unpaired) electrons. The second-order valence-electron chi connectivity index (χ2n) is 6.02. The van der Waals surface area contributed by atoms with Gasteiger partial charge in [-0.3, -0.25) is 4.79 Å². The van der Waals surface area contributed by atoms with Crippen LogP contribution < -0.4 is 0 Å². The summed E-state index contributed by atoms with van der Waals surface area (Å²) in [6, 6.07) is 0. The van der Waals surface area contributed by atoms with Crippen molar-refractivity contribution in [2.75, 3.05) is 6.61 Å². The number of carbonyl (C=O) groups excluding carboxylic acids is 1. The minimum atomic E-state index is -0.106. The average molecular weight is 282 g/mol. The predicted octanol–water partition coefficient (Wildman–Crippen LogP) is 5.66. The first-order valence-electron chi connectivity index (χ1n) is 8.47. The Morgan fingerprint density at radius 3 is 2.15 bits per heavy atom. The highest BCUT2D eigenvalue weighted by Crippen LogP contribution is 2.09. The molecule has 0 fully saturated rings. The number of carbonyl (C=O) groups is 1. The van der Waals surface area contributed by atoms with Crippen LogP contribution in [0.2, 0.25) is 0 Å². The van der Waals surface area contributed by atoms with Crippen molar-refractivity contribution in [2.45, 2.75) is 85.0 Å². The first kappa shape index (κ1) is 19.2. The molecule has 2 heteroatoms. The van der Waals surface area contributed by atoms with Crippen LogP contribution in [0.4, 0.5) is 0 Å². The summed E-state index contributed by atoms with van der Waals surface area (Å²) in [6.45, 7) is 6.88. The molecule has 0 bridgehead atoms. The molecular weight excluding hydrogens is 248 g/mol. The van der Waals surface area contributed by atoms with Crippen LogP contribution >= 0.6 is 0 Å². The Hall–Kier alpha value is -0.790. The van der Waals surface area contributed by atoms with E-state index in [0.29, 0.717) is 18.9 Å². The molecule has 0 aliphatic heterocycles. The van der Waals surface area contributed by atoms with Crippen LogP contribution in [0.3, 0.4) is 0 Å². The van der Waals surface area contributed by atoms with Gasteiger partial charge in [0.15, 0.2) is 0 Å². The summed E-state index contributed by atoms with van der Waals surface area (Å²) in [4.78, 5) is 11.3. The van der Waals surface area contributed by atoms with Gasteiger partial charge in [0.1, 0.15) is 0 Å². The summed E-state index contributed by atoms with van der Waals surface area (Å²) in [5.74, 6) is 0.311. The fraction of sp³-hybridized carbons (Fsp3) is 0.833. The third-order valence-electron chi connectivity index (χ3n) is 3.25. The van der Waals surface area contributed by atoms with E-state index < -0.39 is 0 Å². The summed E-state index contributed by atoms with van der Waals surface area (Å²) in [5.41, 5.74) is 0. The zero-order valence-corrected chi connectivity index (χ0v) is 13.8. The highest BCUT2D eigenvalue weighted by Gasteiger charge is 2.00. The molecule has 20 heavy (non-hydrogen) atoms. The molecule has 0 N–H and O–H groups in total. The lowest BCUT2D eigenvalue weighted by molar-refractivity contribution is -0.143. The zero-order chi connectivity index (χ0) is 15.1. The minimum Gasteiger partial charge on any atom is -0.465 e. The summed E-state index contributed by atoms with van der Waals surface area (Å²) < 4.78 is 5.11. The van der Waals surface area contributed by atoms with Gasteiger partial charge in [-0.15, -0.1) is 0 Å². The van der Waals surface area contributed by atoms with E-state index in [2.05, 4.69) is 13.0 Å². The molecule has 0 aliphatic carbocycles. The van der Waals surface area contributed by atoms with Crippen LogP contribution in [0, 0.1) is 5.92 Å². The highest BCUT2D eigenvalue weighted by molar-refractivity contribution is 5.71. The Balaban J connectivity index is 3.25. The molecule has 0 heterocycles. The topological polar surface area (TPSA) is 26.3 Å². The van der Waals surface area contributed by atoms with Gasteiger partial charge in [-0.25, -0.2) is 0 Å². The summed E-state index contributed by atoms with van der Waals surface area (Å²) >= 11 is 0. The number of hydrogen-bond acceptors (Lipinski definition) is 2. The maximum Gasteiger partial charge on any atom is 0.309 e. The molecule has 0 amide bonds. The second kappa shape index (κ2) is 14.6. The van der Waals surface area contributed by atoms with Gasteiger partial charge >= 0.3 is 5.97 Å². The molecule has 118 valence electrons. The lowest BCUT2D eigenvalue weighted by Crippen LogP contribution is -2.08. The molecule has 0 aromatic carbocycles.